The van der Waals surface area contributed by atoms with Gasteiger partial charge in [-0.15, -0.1) is 0 Å². The summed E-state index contributed by atoms with van der Waals surface area (Å²) in [6.07, 6.45) is -1.37. The smallest absolute Gasteiger partial charge is 0.217 e. The number of aliphatic hydroxyl groups excluding tert-OH is 1. The predicted molar refractivity (Wildman–Crippen MR) is 53.4 cm³/mol. The van der Waals surface area contributed by atoms with Gasteiger partial charge in [0.2, 0.25) is 5.91 Å². The lowest BCUT2D eigenvalue weighted by molar-refractivity contribution is -0.210. The van der Waals surface area contributed by atoms with Gasteiger partial charge in [-0.25, -0.2) is 0 Å². The first-order valence-corrected chi connectivity index (χ1v) is 5.32. The third kappa shape index (κ3) is 2.06. The first kappa shape index (κ1) is 11.8. The number of carbonyl (C=O) groups excluding carboxylic acids is 1. The van der Waals surface area contributed by atoms with Crippen LogP contribution >= 0.6 is 0 Å². The van der Waals surface area contributed by atoms with E-state index in [4.69, 9.17) is 19.3 Å². The fourth-order valence-electron chi connectivity index (χ4n) is 2.14. The second-order valence-electron chi connectivity index (χ2n) is 4.55. The highest BCUT2D eigenvalue weighted by Crippen LogP contribution is 2.37. The zero-order valence-electron chi connectivity index (χ0n) is 9.60. The molecule has 2 heterocycles. The number of ether oxygens (including phenoxy) is 3. The van der Waals surface area contributed by atoms with Crippen LogP contribution in [0.2, 0.25) is 0 Å². The highest BCUT2D eigenvalue weighted by atomic mass is 16.8. The molecule has 92 valence electrons. The second-order valence-corrected chi connectivity index (χ2v) is 4.55. The molecule has 0 aliphatic carbocycles. The number of hydrogen-bond acceptors (Lipinski definition) is 5. The van der Waals surface area contributed by atoms with E-state index in [1.54, 1.807) is 13.8 Å². The SMILES string of the molecule is CC(=O)N[C@H]1[C@H]2OC(C)(C)O[C@@H]2O[C@@H]1CO. The summed E-state index contributed by atoms with van der Waals surface area (Å²) in [5.74, 6) is -0.895. The maximum Gasteiger partial charge on any atom is 0.217 e. The van der Waals surface area contributed by atoms with Gasteiger partial charge in [0.15, 0.2) is 12.1 Å². The summed E-state index contributed by atoms with van der Waals surface area (Å²) in [4.78, 5) is 11.1. The van der Waals surface area contributed by atoms with Gasteiger partial charge < -0.3 is 24.6 Å². The highest BCUT2D eigenvalue weighted by molar-refractivity contribution is 5.73. The van der Waals surface area contributed by atoms with E-state index in [2.05, 4.69) is 5.32 Å². The van der Waals surface area contributed by atoms with Crippen molar-refractivity contribution in [2.45, 2.75) is 51.1 Å². The van der Waals surface area contributed by atoms with Crippen molar-refractivity contribution in [1.82, 2.24) is 5.32 Å². The summed E-state index contributed by atoms with van der Waals surface area (Å²) >= 11 is 0. The van der Waals surface area contributed by atoms with Crippen molar-refractivity contribution in [2.75, 3.05) is 6.61 Å². The van der Waals surface area contributed by atoms with E-state index in [9.17, 15) is 4.79 Å². The molecule has 0 unspecified atom stereocenters. The minimum Gasteiger partial charge on any atom is -0.394 e. The molecule has 2 fully saturated rings. The maximum atomic E-state index is 11.1. The van der Waals surface area contributed by atoms with E-state index in [1.807, 2.05) is 0 Å². The van der Waals surface area contributed by atoms with Gasteiger partial charge in [-0.2, -0.15) is 0 Å². The molecule has 2 aliphatic heterocycles. The van der Waals surface area contributed by atoms with E-state index in [0.717, 1.165) is 0 Å². The van der Waals surface area contributed by atoms with Crippen molar-refractivity contribution in [2.24, 2.45) is 0 Å². The first-order chi connectivity index (χ1) is 7.43. The summed E-state index contributed by atoms with van der Waals surface area (Å²) in [6, 6.07) is -0.366. The fourth-order valence-corrected chi connectivity index (χ4v) is 2.14. The number of hydrogen-bond donors (Lipinski definition) is 2. The molecule has 6 heteroatoms. The number of fused-ring (bicyclic) bond motifs is 1. The Bertz CT molecular complexity index is 293. The van der Waals surface area contributed by atoms with E-state index in [-0.39, 0.29) is 24.7 Å². The van der Waals surface area contributed by atoms with Crippen LogP contribution in [0.3, 0.4) is 0 Å². The largest absolute Gasteiger partial charge is 0.394 e. The Hall–Kier alpha value is -0.690. The topological polar surface area (TPSA) is 77.0 Å². The minimum absolute atomic E-state index is 0.176. The molecule has 1 amide bonds. The van der Waals surface area contributed by atoms with Gasteiger partial charge >= 0.3 is 0 Å². The number of nitrogens with one attached hydrogen (secondary N) is 1. The van der Waals surface area contributed by atoms with Crippen molar-refractivity contribution in [3.05, 3.63) is 0 Å². The van der Waals surface area contributed by atoms with Gasteiger partial charge in [-0.05, 0) is 13.8 Å². The Morgan fingerprint density at radius 2 is 2.12 bits per heavy atom. The average molecular weight is 231 g/mol. The molecule has 2 N–H and O–H groups in total. The second kappa shape index (κ2) is 3.96. The Morgan fingerprint density at radius 1 is 1.44 bits per heavy atom. The first-order valence-electron chi connectivity index (χ1n) is 5.32. The van der Waals surface area contributed by atoms with Crippen molar-refractivity contribution < 1.29 is 24.1 Å². The molecule has 16 heavy (non-hydrogen) atoms. The average Bonchev–Trinajstić information content (AvgIpc) is 2.59. The third-order valence-electron chi connectivity index (χ3n) is 2.70. The molecule has 0 spiro atoms. The molecule has 6 nitrogen and oxygen atoms in total. The lowest BCUT2D eigenvalue weighted by atomic mass is 10.1. The Morgan fingerprint density at radius 3 is 2.69 bits per heavy atom. The van der Waals surface area contributed by atoms with Crippen LogP contribution in [0.5, 0.6) is 0 Å². The fraction of sp³-hybridized carbons (Fsp3) is 0.900. The standard InChI is InChI=1S/C10H17NO5/c1-5(13)11-7-6(4-12)14-9-8(7)15-10(2,3)16-9/h6-9,12H,4H2,1-3H3,(H,11,13)/t6-,7-,8-,9+/m1/s1. The zero-order chi connectivity index (χ0) is 11.9. The summed E-state index contributed by atoms with van der Waals surface area (Å²) in [6.45, 7) is 4.81. The highest BCUT2D eigenvalue weighted by Gasteiger charge is 2.54. The summed E-state index contributed by atoms with van der Waals surface area (Å²) in [5.41, 5.74) is 0. The van der Waals surface area contributed by atoms with Crippen LogP contribution in [-0.2, 0) is 19.0 Å². The number of aliphatic hydroxyl groups is 1. The summed E-state index contributed by atoms with van der Waals surface area (Å²) < 4.78 is 16.6. The molecule has 0 aromatic heterocycles. The van der Waals surface area contributed by atoms with Gasteiger partial charge in [0.05, 0.1) is 12.6 Å². The monoisotopic (exact) mass is 231 g/mol. The minimum atomic E-state index is -0.716. The number of rotatable bonds is 2. The van der Waals surface area contributed by atoms with Gasteiger partial charge in [0.25, 0.3) is 0 Å². The Balaban J connectivity index is 2.10. The van der Waals surface area contributed by atoms with E-state index < -0.39 is 18.2 Å². The predicted octanol–water partition coefficient (Wildman–Crippen LogP) is -0.640. The van der Waals surface area contributed by atoms with Crippen molar-refractivity contribution in [3.63, 3.8) is 0 Å². The molecule has 0 saturated carbocycles. The molecule has 0 aromatic carbocycles. The van der Waals surface area contributed by atoms with Crippen LogP contribution in [0.4, 0.5) is 0 Å². The molecule has 0 aromatic rings. The quantitative estimate of drug-likeness (QED) is 0.661. The van der Waals surface area contributed by atoms with Crippen molar-refractivity contribution in [1.29, 1.82) is 0 Å². The molecule has 4 atom stereocenters. The van der Waals surface area contributed by atoms with Gasteiger partial charge in [0.1, 0.15) is 12.2 Å². The van der Waals surface area contributed by atoms with Crippen molar-refractivity contribution in [3.8, 4) is 0 Å². The maximum absolute atomic E-state index is 11.1. The van der Waals surface area contributed by atoms with Gasteiger partial charge in [0, 0.05) is 6.92 Å². The summed E-state index contributed by atoms with van der Waals surface area (Å²) in [5, 5.41) is 11.9. The van der Waals surface area contributed by atoms with Crippen LogP contribution in [0.15, 0.2) is 0 Å². The lowest BCUT2D eigenvalue weighted by Crippen LogP contribution is -2.48. The van der Waals surface area contributed by atoms with E-state index in [0.29, 0.717) is 0 Å². The Kier molecular flexibility index (Phi) is 2.91. The normalized spacial score (nSPS) is 40.8. The van der Waals surface area contributed by atoms with Crippen LogP contribution in [-0.4, -0.2) is 47.9 Å². The van der Waals surface area contributed by atoms with E-state index >= 15 is 0 Å². The molecular weight excluding hydrogens is 214 g/mol. The molecule has 2 aliphatic rings. The molecule has 2 rings (SSSR count). The van der Waals surface area contributed by atoms with Gasteiger partial charge in [-0.1, -0.05) is 0 Å². The van der Waals surface area contributed by atoms with Crippen LogP contribution in [0.25, 0.3) is 0 Å². The molecular formula is C10H17NO5. The number of amides is 1. The summed E-state index contributed by atoms with van der Waals surface area (Å²) in [7, 11) is 0. The number of carbonyl (C=O) groups is 1. The molecule has 2 saturated heterocycles. The lowest BCUT2D eigenvalue weighted by Gasteiger charge is -2.25. The Labute approximate surface area is 93.9 Å². The third-order valence-corrected chi connectivity index (χ3v) is 2.70. The zero-order valence-corrected chi connectivity index (χ0v) is 9.60. The molecule has 0 bridgehead atoms. The van der Waals surface area contributed by atoms with Crippen molar-refractivity contribution >= 4 is 5.91 Å². The van der Waals surface area contributed by atoms with Crippen LogP contribution in [0.1, 0.15) is 20.8 Å². The van der Waals surface area contributed by atoms with E-state index in [1.165, 1.54) is 6.92 Å². The van der Waals surface area contributed by atoms with Crippen LogP contribution in [0, 0.1) is 0 Å². The van der Waals surface area contributed by atoms with Crippen LogP contribution < -0.4 is 5.32 Å². The molecule has 0 radical (unpaired) electrons. The van der Waals surface area contributed by atoms with Gasteiger partial charge in [-0.3, -0.25) is 4.79 Å².